The molecular formula is C20H22N2O3S. The first-order valence-electron chi connectivity index (χ1n) is 8.87. The molecular weight excluding hydrogens is 348 g/mol. The zero-order valence-electron chi connectivity index (χ0n) is 14.9. The van der Waals surface area contributed by atoms with Crippen molar-refractivity contribution in [1.82, 2.24) is 9.29 Å². The number of hydrogen-bond acceptors (Lipinski definition) is 4. The van der Waals surface area contributed by atoms with E-state index in [1.165, 1.54) is 3.97 Å². The lowest BCUT2D eigenvalue weighted by Crippen LogP contribution is -2.20. The standard InChI is InChI=1S/C20H22N2O3S/c1-3-25-18-10-9-17-20-15(11-12-21-14(2)19(18)20)13-22(17)26(23,24)16-7-5-4-6-8-16/h4-10,13-14,21H,3,11-12H2,1-2H3. The minimum absolute atomic E-state index is 0.0942. The molecule has 0 aliphatic carbocycles. The van der Waals surface area contributed by atoms with Crippen molar-refractivity contribution in [3.63, 3.8) is 0 Å². The summed E-state index contributed by atoms with van der Waals surface area (Å²) in [7, 11) is -3.64. The van der Waals surface area contributed by atoms with Gasteiger partial charge in [-0.15, -0.1) is 0 Å². The van der Waals surface area contributed by atoms with E-state index in [4.69, 9.17) is 4.74 Å². The van der Waals surface area contributed by atoms with Gasteiger partial charge in [-0.1, -0.05) is 18.2 Å². The van der Waals surface area contributed by atoms with Crippen LogP contribution < -0.4 is 10.1 Å². The summed E-state index contributed by atoms with van der Waals surface area (Å²) >= 11 is 0. The predicted molar refractivity (Wildman–Crippen MR) is 102 cm³/mol. The smallest absolute Gasteiger partial charge is 0.268 e. The van der Waals surface area contributed by atoms with Gasteiger partial charge in [0.25, 0.3) is 10.0 Å². The summed E-state index contributed by atoms with van der Waals surface area (Å²) < 4.78 is 33.7. The van der Waals surface area contributed by atoms with E-state index in [1.54, 1.807) is 30.5 Å². The summed E-state index contributed by atoms with van der Waals surface area (Å²) in [4.78, 5) is 0.294. The molecule has 2 heterocycles. The predicted octanol–water partition coefficient (Wildman–Crippen LogP) is 3.48. The molecule has 1 unspecified atom stereocenters. The fourth-order valence-electron chi connectivity index (χ4n) is 3.72. The van der Waals surface area contributed by atoms with Crippen LogP contribution in [0.25, 0.3) is 10.9 Å². The Labute approximate surface area is 153 Å². The van der Waals surface area contributed by atoms with Gasteiger partial charge in [0, 0.05) is 23.2 Å². The Morgan fingerprint density at radius 1 is 1.19 bits per heavy atom. The normalized spacial score (nSPS) is 17.2. The molecule has 0 bridgehead atoms. The summed E-state index contributed by atoms with van der Waals surface area (Å²) in [5.41, 5.74) is 2.78. The maximum absolute atomic E-state index is 13.2. The molecule has 6 heteroatoms. The Kier molecular flexibility index (Phi) is 4.25. The lowest BCUT2D eigenvalue weighted by Gasteiger charge is -2.18. The zero-order valence-corrected chi connectivity index (χ0v) is 15.7. The van der Waals surface area contributed by atoms with E-state index in [-0.39, 0.29) is 6.04 Å². The third kappa shape index (κ3) is 2.61. The first kappa shape index (κ1) is 17.1. The van der Waals surface area contributed by atoms with Gasteiger partial charge in [-0.05, 0) is 56.6 Å². The molecule has 0 saturated carbocycles. The van der Waals surface area contributed by atoms with Gasteiger partial charge >= 0.3 is 0 Å². The quantitative estimate of drug-likeness (QED) is 0.764. The average molecular weight is 370 g/mol. The first-order valence-corrected chi connectivity index (χ1v) is 10.3. The number of rotatable bonds is 4. The summed E-state index contributed by atoms with van der Waals surface area (Å²) in [5.74, 6) is 0.818. The zero-order chi connectivity index (χ0) is 18.3. The van der Waals surface area contributed by atoms with Crippen LogP contribution in [-0.4, -0.2) is 25.5 Å². The number of aromatic nitrogens is 1. The van der Waals surface area contributed by atoms with Gasteiger partial charge in [0.1, 0.15) is 5.75 Å². The number of benzene rings is 2. The topological polar surface area (TPSA) is 60.3 Å². The molecule has 1 atom stereocenters. The van der Waals surface area contributed by atoms with Crippen molar-refractivity contribution in [2.24, 2.45) is 0 Å². The Hall–Kier alpha value is -2.31. The van der Waals surface area contributed by atoms with Crippen molar-refractivity contribution in [3.8, 4) is 5.75 Å². The van der Waals surface area contributed by atoms with Crippen LogP contribution in [0.2, 0.25) is 0 Å². The summed E-state index contributed by atoms with van der Waals surface area (Å²) in [6.45, 7) is 5.42. The molecule has 136 valence electrons. The molecule has 1 aliphatic heterocycles. The summed E-state index contributed by atoms with van der Waals surface area (Å²) in [6, 6.07) is 12.4. The van der Waals surface area contributed by atoms with Crippen molar-refractivity contribution in [1.29, 1.82) is 0 Å². The van der Waals surface area contributed by atoms with Crippen molar-refractivity contribution in [2.75, 3.05) is 13.2 Å². The maximum atomic E-state index is 13.2. The van der Waals surface area contributed by atoms with E-state index in [0.29, 0.717) is 17.0 Å². The van der Waals surface area contributed by atoms with Crippen LogP contribution in [0.15, 0.2) is 53.6 Å². The highest BCUT2D eigenvalue weighted by atomic mass is 32.2. The lowest BCUT2D eigenvalue weighted by molar-refractivity contribution is 0.333. The van der Waals surface area contributed by atoms with Crippen LogP contribution in [0.4, 0.5) is 0 Å². The van der Waals surface area contributed by atoms with Gasteiger partial charge in [0.05, 0.1) is 17.0 Å². The molecule has 0 amide bonds. The molecule has 0 saturated heterocycles. The first-order chi connectivity index (χ1) is 12.5. The highest BCUT2D eigenvalue weighted by Gasteiger charge is 2.27. The van der Waals surface area contributed by atoms with Gasteiger partial charge in [-0.25, -0.2) is 12.4 Å². The highest BCUT2D eigenvalue weighted by Crippen LogP contribution is 2.39. The number of nitrogens with zero attached hydrogens (tertiary/aromatic N) is 1. The Bertz CT molecular complexity index is 1060. The van der Waals surface area contributed by atoms with Crippen LogP contribution in [0.5, 0.6) is 5.75 Å². The van der Waals surface area contributed by atoms with Crippen molar-refractivity contribution in [3.05, 3.63) is 59.8 Å². The van der Waals surface area contributed by atoms with Gasteiger partial charge in [0.2, 0.25) is 0 Å². The van der Waals surface area contributed by atoms with E-state index in [9.17, 15) is 8.42 Å². The SMILES string of the molecule is CCOc1ccc2c3c(cn2S(=O)(=O)c2ccccc2)CCNC(C)c13. The fraction of sp³-hybridized carbons (Fsp3) is 0.300. The number of nitrogens with one attached hydrogen (secondary N) is 1. The van der Waals surface area contributed by atoms with E-state index in [2.05, 4.69) is 12.2 Å². The lowest BCUT2D eigenvalue weighted by atomic mass is 10.0. The van der Waals surface area contributed by atoms with E-state index < -0.39 is 10.0 Å². The van der Waals surface area contributed by atoms with Crippen molar-refractivity contribution < 1.29 is 13.2 Å². The number of ether oxygens (including phenoxy) is 1. The minimum Gasteiger partial charge on any atom is -0.494 e. The maximum Gasteiger partial charge on any atom is 0.268 e. The van der Waals surface area contributed by atoms with Gasteiger partial charge in [-0.3, -0.25) is 0 Å². The van der Waals surface area contributed by atoms with Crippen LogP contribution in [0.3, 0.4) is 0 Å². The molecule has 26 heavy (non-hydrogen) atoms. The van der Waals surface area contributed by atoms with Crippen LogP contribution in [0.1, 0.15) is 31.0 Å². The van der Waals surface area contributed by atoms with Gasteiger partial charge in [-0.2, -0.15) is 0 Å². The second-order valence-electron chi connectivity index (χ2n) is 6.50. The molecule has 1 aromatic heterocycles. The van der Waals surface area contributed by atoms with Crippen LogP contribution in [-0.2, 0) is 16.4 Å². The molecule has 0 fully saturated rings. The van der Waals surface area contributed by atoms with Gasteiger partial charge < -0.3 is 10.1 Å². The molecule has 1 aliphatic rings. The third-order valence-electron chi connectivity index (χ3n) is 4.89. The van der Waals surface area contributed by atoms with Crippen molar-refractivity contribution in [2.45, 2.75) is 31.2 Å². The Morgan fingerprint density at radius 2 is 1.96 bits per heavy atom. The van der Waals surface area contributed by atoms with Crippen molar-refractivity contribution >= 4 is 20.9 Å². The molecule has 1 N–H and O–H groups in total. The molecule has 4 rings (SSSR count). The molecule has 0 radical (unpaired) electrons. The largest absolute Gasteiger partial charge is 0.494 e. The minimum atomic E-state index is -3.64. The molecule has 2 aromatic carbocycles. The summed E-state index contributed by atoms with van der Waals surface area (Å²) in [6.07, 6.45) is 2.55. The third-order valence-corrected chi connectivity index (χ3v) is 6.58. The molecule has 5 nitrogen and oxygen atoms in total. The fourth-order valence-corrected chi connectivity index (χ4v) is 5.12. The van der Waals surface area contributed by atoms with E-state index >= 15 is 0 Å². The second kappa shape index (κ2) is 6.45. The monoisotopic (exact) mass is 370 g/mol. The Morgan fingerprint density at radius 3 is 2.69 bits per heavy atom. The Balaban J connectivity index is 2.02. The van der Waals surface area contributed by atoms with E-state index in [1.807, 2.05) is 25.1 Å². The average Bonchev–Trinajstić information content (AvgIpc) is 2.93. The summed E-state index contributed by atoms with van der Waals surface area (Å²) in [5, 5.41) is 4.48. The highest BCUT2D eigenvalue weighted by molar-refractivity contribution is 7.90. The van der Waals surface area contributed by atoms with Crippen LogP contribution in [0, 0.1) is 0 Å². The van der Waals surface area contributed by atoms with E-state index in [0.717, 1.165) is 35.2 Å². The molecule has 0 spiro atoms. The second-order valence-corrected chi connectivity index (χ2v) is 8.31. The van der Waals surface area contributed by atoms with Crippen LogP contribution >= 0.6 is 0 Å². The number of hydrogen-bond donors (Lipinski definition) is 1. The van der Waals surface area contributed by atoms with Gasteiger partial charge in [0.15, 0.2) is 0 Å². The molecule has 3 aromatic rings.